The van der Waals surface area contributed by atoms with E-state index >= 15 is 0 Å². The highest BCUT2D eigenvalue weighted by molar-refractivity contribution is 6.07. The van der Waals surface area contributed by atoms with Crippen LogP contribution in [-0.4, -0.2) is 30.7 Å². The third-order valence-electron chi connectivity index (χ3n) is 5.00. The summed E-state index contributed by atoms with van der Waals surface area (Å²) in [5, 5.41) is 21.3. The molecule has 2 aromatic carbocycles. The van der Waals surface area contributed by atoms with Crippen LogP contribution in [0.1, 0.15) is 27.2 Å². The lowest BCUT2D eigenvalue weighted by molar-refractivity contribution is 0.0989. The lowest BCUT2D eigenvalue weighted by Gasteiger charge is -2.02. The minimum atomic E-state index is -0.0929. The van der Waals surface area contributed by atoms with Crippen LogP contribution in [0.3, 0.4) is 0 Å². The number of hydrogen-bond donors (Lipinski definition) is 1. The molecule has 0 saturated carbocycles. The van der Waals surface area contributed by atoms with Gasteiger partial charge in [0.1, 0.15) is 5.69 Å². The van der Waals surface area contributed by atoms with Crippen molar-refractivity contribution in [3.05, 3.63) is 89.8 Å². The predicted octanol–water partition coefficient (Wildman–Crippen LogP) is 3.76. The first-order chi connectivity index (χ1) is 15.2. The molecule has 0 fully saturated rings. The molecule has 31 heavy (non-hydrogen) atoms. The summed E-state index contributed by atoms with van der Waals surface area (Å²) in [7, 11) is 0. The largest absolute Gasteiger partial charge is 0.444 e. The molecule has 5 aromatic rings. The molecule has 8 nitrogen and oxygen atoms in total. The molecule has 0 saturated heterocycles. The Balaban J connectivity index is 1.32. The zero-order chi connectivity index (χ0) is 21.2. The van der Waals surface area contributed by atoms with Crippen molar-refractivity contribution in [1.82, 2.24) is 25.0 Å². The predicted molar refractivity (Wildman–Crippen MR) is 112 cm³/mol. The Morgan fingerprint density at radius 2 is 2.10 bits per heavy atom. The highest BCUT2D eigenvalue weighted by Crippen LogP contribution is 2.25. The van der Waals surface area contributed by atoms with E-state index in [9.17, 15) is 4.79 Å². The Labute approximate surface area is 176 Å². The molecule has 0 aliphatic carbocycles. The summed E-state index contributed by atoms with van der Waals surface area (Å²) in [5.74, 6) is 0.557. The van der Waals surface area contributed by atoms with Crippen LogP contribution in [0.15, 0.2) is 71.9 Å². The van der Waals surface area contributed by atoms with Crippen LogP contribution in [0, 0.1) is 11.3 Å². The Kier molecular flexibility index (Phi) is 4.61. The summed E-state index contributed by atoms with van der Waals surface area (Å²) < 4.78 is 7.08. The number of carbonyl (C=O) groups excluding carboxylic acids is 1. The number of benzene rings is 2. The number of ketones is 1. The van der Waals surface area contributed by atoms with Crippen LogP contribution in [0.25, 0.3) is 22.2 Å². The maximum atomic E-state index is 12.9. The fourth-order valence-corrected chi connectivity index (χ4v) is 3.52. The molecule has 0 bridgehead atoms. The van der Waals surface area contributed by atoms with Gasteiger partial charge in [-0.15, -0.1) is 0 Å². The van der Waals surface area contributed by atoms with Gasteiger partial charge < -0.3 is 4.42 Å². The van der Waals surface area contributed by atoms with Gasteiger partial charge in [0, 0.05) is 23.6 Å². The van der Waals surface area contributed by atoms with E-state index in [4.69, 9.17) is 9.68 Å². The highest BCUT2D eigenvalue weighted by Gasteiger charge is 2.16. The Morgan fingerprint density at radius 3 is 2.94 bits per heavy atom. The molecule has 1 N–H and O–H groups in total. The molecule has 3 aromatic heterocycles. The first-order valence-corrected chi connectivity index (χ1v) is 9.60. The molecule has 0 aliphatic heterocycles. The second-order valence-electron chi connectivity index (χ2n) is 7.16. The van der Waals surface area contributed by atoms with Crippen molar-refractivity contribution in [3.8, 4) is 17.4 Å². The number of H-pyrrole nitrogens is 1. The van der Waals surface area contributed by atoms with Crippen molar-refractivity contribution >= 4 is 16.7 Å². The number of aromatic amines is 1. The van der Waals surface area contributed by atoms with Crippen molar-refractivity contribution in [2.24, 2.45) is 0 Å². The molecule has 0 unspecified atom stereocenters. The molecule has 150 valence electrons. The molecule has 0 spiro atoms. The summed E-state index contributed by atoms with van der Waals surface area (Å²) in [6, 6.07) is 15.1. The van der Waals surface area contributed by atoms with Gasteiger partial charge in [-0.1, -0.05) is 18.2 Å². The highest BCUT2D eigenvalue weighted by atomic mass is 16.3. The van der Waals surface area contributed by atoms with Crippen molar-refractivity contribution in [2.45, 2.75) is 13.0 Å². The van der Waals surface area contributed by atoms with E-state index in [2.05, 4.69) is 26.3 Å². The molecule has 0 aliphatic rings. The number of nitrogens with zero attached hydrogens (tertiary/aromatic N) is 5. The Bertz CT molecular complexity index is 1420. The number of carbonyl (C=O) groups is 1. The van der Waals surface area contributed by atoms with Crippen LogP contribution < -0.4 is 0 Å². The SMILES string of the molecule is N#Cc1cccc(Cn2cc(CC(=O)c3n[nH]c4cc(-c5cnco5)ccc34)cn2)c1. The Morgan fingerprint density at radius 1 is 1.16 bits per heavy atom. The quantitative estimate of drug-likeness (QED) is 0.428. The normalized spacial score (nSPS) is 10.9. The number of aromatic nitrogens is 5. The van der Waals surface area contributed by atoms with Crippen LogP contribution in [-0.2, 0) is 13.0 Å². The molecule has 0 radical (unpaired) electrons. The average Bonchev–Trinajstić information content (AvgIpc) is 3.54. The molecule has 5 rings (SSSR count). The number of rotatable bonds is 6. The minimum Gasteiger partial charge on any atom is -0.444 e. The van der Waals surface area contributed by atoms with Gasteiger partial charge >= 0.3 is 0 Å². The van der Waals surface area contributed by atoms with Gasteiger partial charge in [-0.05, 0) is 35.4 Å². The van der Waals surface area contributed by atoms with Gasteiger partial charge in [0.05, 0.1) is 36.1 Å². The molecule has 0 atom stereocenters. The van der Waals surface area contributed by atoms with Gasteiger partial charge in [-0.3, -0.25) is 14.6 Å². The van der Waals surface area contributed by atoms with Gasteiger partial charge in [-0.25, -0.2) is 4.98 Å². The molecule has 0 amide bonds. The van der Waals surface area contributed by atoms with E-state index in [1.807, 2.05) is 42.6 Å². The van der Waals surface area contributed by atoms with E-state index < -0.39 is 0 Å². The fraction of sp³-hybridized carbons (Fsp3) is 0.0870. The number of nitriles is 1. The lowest BCUT2D eigenvalue weighted by atomic mass is 10.1. The van der Waals surface area contributed by atoms with Crippen LogP contribution in [0.4, 0.5) is 0 Å². The van der Waals surface area contributed by atoms with Crippen molar-refractivity contribution in [3.63, 3.8) is 0 Å². The summed E-state index contributed by atoms with van der Waals surface area (Å²) in [6.07, 6.45) is 6.73. The van der Waals surface area contributed by atoms with Gasteiger partial charge in [0.15, 0.2) is 17.9 Å². The monoisotopic (exact) mass is 408 g/mol. The number of nitrogens with one attached hydrogen (secondary N) is 1. The summed E-state index contributed by atoms with van der Waals surface area (Å²) in [4.78, 5) is 16.8. The first kappa shape index (κ1) is 18.5. The molecular formula is C23H16N6O2. The molecule has 3 heterocycles. The van der Waals surface area contributed by atoms with Gasteiger partial charge in [0.25, 0.3) is 0 Å². The standard InChI is InChI=1S/C23H16N6O2/c24-9-15-2-1-3-16(6-15)12-29-13-17(10-26-29)7-21(30)23-19-5-4-18(8-20(19)27-28-23)22-11-25-14-31-22/h1-6,8,10-11,13-14H,7,12H2,(H,27,28). The topological polar surface area (TPSA) is 113 Å². The van der Waals surface area contributed by atoms with E-state index in [1.165, 1.54) is 6.39 Å². The zero-order valence-corrected chi connectivity index (χ0v) is 16.3. The van der Waals surface area contributed by atoms with Crippen molar-refractivity contribution in [1.29, 1.82) is 5.26 Å². The average molecular weight is 408 g/mol. The van der Waals surface area contributed by atoms with Crippen LogP contribution in [0.2, 0.25) is 0 Å². The summed E-state index contributed by atoms with van der Waals surface area (Å²) >= 11 is 0. The van der Waals surface area contributed by atoms with E-state index in [-0.39, 0.29) is 12.2 Å². The van der Waals surface area contributed by atoms with Crippen LogP contribution >= 0.6 is 0 Å². The van der Waals surface area contributed by atoms with Gasteiger partial charge in [0.2, 0.25) is 0 Å². The zero-order valence-electron chi connectivity index (χ0n) is 16.3. The van der Waals surface area contributed by atoms with E-state index in [0.29, 0.717) is 23.6 Å². The maximum absolute atomic E-state index is 12.9. The van der Waals surface area contributed by atoms with Gasteiger partial charge in [-0.2, -0.15) is 15.5 Å². The lowest BCUT2D eigenvalue weighted by Crippen LogP contribution is -2.04. The summed E-state index contributed by atoms with van der Waals surface area (Å²) in [5.41, 5.74) is 4.39. The maximum Gasteiger partial charge on any atom is 0.188 e. The second kappa shape index (κ2) is 7.72. The number of hydrogen-bond acceptors (Lipinski definition) is 6. The molecule has 8 heteroatoms. The number of fused-ring (bicyclic) bond motifs is 1. The fourth-order valence-electron chi connectivity index (χ4n) is 3.52. The van der Waals surface area contributed by atoms with Crippen LogP contribution in [0.5, 0.6) is 0 Å². The summed E-state index contributed by atoms with van der Waals surface area (Å²) in [6.45, 7) is 0.527. The minimum absolute atomic E-state index is 0.0929. The second-order valence-corrected chi connectivity index (χ2v) is 7.16. The van der Waals surface area contributed by atoms with Crippen molar-refractivity contribution < 1.29 is 9.21 Å². The van der Waals surface area contributed by atoms with E-state index in [1.54, 1.807) is 23.1 Å². The Hall–Kier alpha value is -4.51. The van der Waals surface area contributed by atoms with E-state index in [0.717, 1.165) is 27.6 Å². The smallest absolute Gasteiger partial charge is 0.188 e. The third kappa shape index (κ3) is 3.72. The first-order valence-electron chi connectivity index (χ1n) is 9.60. The number of Topliss-reactive ketones (excluding diaryl/α,β-unsaturated/α-hetero) is 1. The number of oxazole rings is 1. The molecular weight excluding hydrogens is 392 g/mol. The third-order valence-corrected chi connectivity index (χ3v) is 5.00. The van der Waals surface area contributed by atoms with Crippen molar-refractivity contribution in [2.75, 3.05) is 0 Å².